The molecule has 5 heteroatoms. The minimum absolute atomic E-state index is 0.000163. The Kier molecular flexibility index (Phi) is 4.79. The smallest absolute Gasteiger partial charge is 0.325 e. The van der Waals surface area contributed by atoms with Crippen molar-refractivity contribution < 1.29 is 14.6 Å². The van der Waals surface area contributed by atoms with E-state index >= 15 is 0 Å². The summed E-state index contributed by atoms with van der Waals surface area (Å²) in [4.78, 5) is 18.5. The lowest BCUT2D eigenvalue weighted by molar-refractivity contribution is -0.0161. The summed E-state index contributed by atoms with van der Waals surface area (Å²) in [7, 11) is 0. The second-order valence-corrected chi connectivity index (χ2v) is 11.8. The van der Waals surface area contributed by atoms with Gasteiger partial charge in [0.15, 0.2) is 0 Å². The van der Waals surface area contributed by atoms with Crippen LogP contribution >= 0.6 is 0 Å². The maximum Gasteiger partial charge on any atom is 0.325 e. The van der Waals surface area contributed by atoms with E-state index in [0.29, 0.717) is 25.3 Å². The van der Waals surface area contributed by atoms with E-state index in [1.54, 1.807) is 6.07 Å². The van der Waals surface area contributed by atoms with Gasteiger partial charge in [-0.25, -0.2) is 4.79 Å². The Hall–Kier alpha value is -2.69. The maximum atomic E-state index is 14.4. The van der Waals surface area contributed by atoms with Crippen molar-refractivity contribution in [3.05, 3.63) is 53.6 Å². The molecule has 0 spiro atoms. The molecular formula is C28H36N2O3. The van der Waals surface area contributed by atoms with E-state index in [1.807, 2.05) is 35.2 Å². The molecule has 1 unspecified atom stereocenters. The number of carbonyl (C=O) groups excluding carboxylic acids is 1. The van der Waals surface area contributed by atoms with Crippen LogP contribution in [0.5, 0.6) is 11.5 Å². The van der Waals surface area contributed by atoms with Crippen molar-refractivity contribution in [2.24, 2.45) is 10.8 Å². The standard InChI is InChI=1S/C28H36N2O3/c1-26(2,3)24-17-33-22-13-8-7-11-20(22)30(24)25(32)29-15-14-28(6)19-10-9-12-21(31)18(19)16-23(29)27(28,4)5/h7-13,23-24,31H,14-17H2,1-6H3/t23-,24?,28+/m1/s1. The number of amides is 2. The van der Waals surface area contributed by atoms with Crippen molar-refractivity contribution >= 4 is 11.7 Å². The second kappa shape index (κ2) is 7.15. The third-order valence-corrected chi connectivity index (χ3v) is 8.91. The van der Waals surface area contributed by atoms with E-state index in [4.69, 9.17) is 4.74 Å². The topological polar surface area (TPSA) is 53.0 Å². The van der Waals surface area contributed by atoms with Gasteiger partial charge >= 0.3 is 6.03 Å². The van der Waals surface area contributed by atoms with Crippen molar-refractivity contribution in [1.29, 1.82) is 0 Å². The highest BCUT2D eigenvalue weighted by molar-refractivity contribution is 5.95. The third kappa shape index (κ3) is 3.08. The molecule has 1 fully saturated rings. The van der Waals surface area contributed by atoms with Gasteiger partial charge in [0, 0.05) is 18.0 Å². The maximum absolute atomic E-state index is 14.4. The molecule has 0 aromatic heterocycles. The number of fused-ring (bicyclic) bond motifs is 5. The van der Waals surface area contributed by atoms with Gasteiger partial charge in [0.2, 0.25) is 0 Å². The summed E-state index contributed by atoms with van der Waals surface area (Å²) in [6.45, 7) is 14.6. The number of para-hydroxylation sites is 2. The molecule has 33 heavy (non-hydrogen) atoms. The minimum Gasteiger partial charge on any atom is -0.508 e. The first-order chi connectivity index (χ1) is 15.5. The molecule has 5 rings (SSSR count). The normalized spacial score (nSPS) is 27.9. The summed E-state index contributed by atoms with van der Waals surface area (Å²) in [5.41, 5.74) is 2.70. The first-order valence-electron chi connectivity index (χ1n) is 12.1. The number of carbonyl (C=O) groups is 1. The molecule has 3 atom stereocenters. The molecule has 176 valence electrons. The summed E-state index contributed by atoms with van der Waals surface area (Å²) >= 11 is 0. The van der Waals surface area contributed by atoms with Gasteiger partial charge in [0.05, 0.1) is 11.7 Å². The van der Waals surface area contributed by atoms with Gasteiger partial charge in [-0.15, -0.1) is 0 Å². The average Bonchev–Trinajstić information content (AvgIpc) is 2.75. The number of hydrogen-bond acceptors (Lipinski definition) is 3. The van der Waals surface area contributed by atoms with E-state index in [-0.39, 0.29) is 34.4 Å². The number of phenols is 1. The summed E-state index contributed by atoms with van der Waals surface area (Å²) in [6.07, 6.45) is 1.54. The Morgan fingerprint density at radius 2 is 1.82 bits per heavy atom. The Bertz CT molecular complexity index is 1100. The Balaban J connectivity index is 1.59. The quantitative estimate of drug-likeness (QED) is 0.559. The summed E-state index contributed by atoms with van der Waals surface area (Å²) in [5, 5.41) is 10.7. The predicted molar refractivity (Wildman–Crippen MR) is 131 cm³/mol. The van der Waals surface area contributed by atoms with Crippen LogP contribution in [-0.2, 0) is 11.8 Å². The molecule has 2 amide bonds. The van der Waals surface area contributed by atoms with E-state index in [9.17, 15) is 9.90 Å². The van der Waals surface area contributed by atoms with Crippen LogP contribution in [0.1, 0.15) is 59.1 Å². The fourth-order valence-electron chi connectivity index (χ4n) is 6.36. The molecule has 2 bridgehead atoms. The lowest BCUT2D eigenvalue weighted by Crippen LogP contribution is -2.68. The highest BCUT2D eigenvalue weighted by atomic mass is 16.5. The molecule has 2 heterocycles. The number of piperidine rings is 1. The van der Waals surface area contributed by atoms with Crippen LogP contribution in [0, 0.1) is 10.8 Å². The molecule has 5 nitrogen and oxygen atoms in total. The van der Waals surface area contributed by atoms with Crippen LogP contribution in [0.15, 0.2) is 42.5 Å². The number of likely N-dealkylation sites (tertiary alicyclic amines) is 1. The van der Waals surface area contributed by atoms with Crippen LogP contribution in [0.3, 0.4) is 0 Å². The number of rotatable bonds is 0. The largest absolute Gasteiger partial charge is 0.508 e. The number of ether oxygens (including phenoxy) is 1. The molecule has 2 aromatic rings. The lowest BCUT2D eigenvalue weighted by atomic mass is 9.51. The van der Waals surface area contributed by atoms with Crippen molar-refractivity contribution in [2.75, 3.05) is 18.1 Å². The molecule has 1 aliphatic carbocycles. The van der Waals surface area contributed by atoms with Crippen LogP contribution in [0.2, 0.25) is 0 Å². The number of benzene rings is 2. The van der Waals surface area contributed by atoms with Crippen molar-refractivity contribution in [3.63, 3.8) is 0 Å². The van der Waals surface area contributed by atoms with E-state index in [2.05, 4.69) is 52.5 Å². The first kappa shape index (κ1) is 22.1. The van der Waals surface area contributed by atoms with Crippen LogP contribution in [-0.4, -0.2) is 41.3 Å². The number of urea groups is 1. The molecule has 1 saturated heterocycles. The Morgan fingerprint density at radius 3 is 2.55 bits per heavy atom. The van der Waals surface area contributed by atoms with Gasteiger partial charge in [-0.05, 0) is 53.0 Å². The number of phenolic OH excluding ortho intramolecular Hbond substituents is 1. The van der Waals surface area contributed by atoms with Gasteiger partial charge in [-0.1, -0.05) is 65.8 Å². The Morgan fingerprint density at radius 1 is 1.09 bits per heavy atom. The number of aromatic hydroxyl groups is 1. The SMILES string of the molecule is CC(C)(C)C1COc2ccccc2N1C(=O)N1CC[C@@]2(C)c3cccc(O)c3C[C@@H]1C2(C)C. The van der Waals surface area contributed by atoms with E-state index in [1.165, 1.54) is 5.56 Å². The first-order valence-corrected chi connectivity index (χ1v) is 12.1. The molecule has 2 aliphatic heterocycles. The summed E-state index contributed by atoms with van der Waals surface area (Å²) in [6, 6.07) is 13.7. The second-order valence-electron chi connectivity index (χ2n) is 11.8. The van der Waals surface area contributed by atoms with E-state index < -0.39 is 0 Å². The van der Waals surface area contributed by atoms with Crippen molar-refractivity contribution in [1.82, 2.24) is 4.90 Å². The zero-order chi connectivity index (χ0) is 23.8. The van der Waals surface area contributed by atoms with Crippen LogP contribution in [0.4, 0.5) is 10.5 Å². The fraction of sp³-hybridized carbons (Fsp3) is 0.536. The third-order valence-electron chi connectivity index (χ3n) is 8.91. The van der Waals surface area contributed by atoms with Crippen LogP contribution in [0.25, 0.3) is 0 Å². The average molecular weight is 449 g/mol. The Labute approximate surface area is 197 Å². The molecule has 0 saturated carbocycles. The van der Waals surface area contributed by atoms with E-state index in [0.717, 1.165) is 23.4 Å². The van der Waals surface area contributed by atoms with Crippen molar-refractivity contribution in [2.45, 2.75) is 71.9 Å². The van der Waals surface area contributed by atoms with Crippen molar-refractivity contribution in [3.8, 4) is 11.5 Å². The fourth-order valence-corrected chi connectivity index (χ4v) is 6.36. The number of anilines is 1. The highest BCUT2D eigenvalue weighted by Gasteiger charge is 2.58. The highest BCUT2D eigenvalue weighted by Crippen LogP contribution is 2.57. The number of nitrogens with zero attached hydrogens (tertiary/aromatic N) is 2. The van der Waals surface area contributed by atoms with Gasteiger partial charge in [0.25, 0.3) is 0 Å². The lowest BCUT2D eigenvalue weighted by Gasteiger charge is -2.61. The zero-order valence-electron chi connectivity index (χ0n) is 20.7. The van der Waals surface area contributed by atoms with Gasteiger partial charge in [0.1, 0.15) is 18.1 Å². The van der Waals surface area contributed by atoms with Gasteiger partial charge < -0.3 is 14.7 Å². The van der Waals surface area contributed by atoms with Gasteiger partial charge in [-0.3, -0.25) is 4.90 Å². The molecule has 1 N–H and O–H groups in total. The molecule has 0 radical (unpaired) electrons. The monoisotopic (exact) mass is 448 g/mol. The molecule has 3 aliphatic rings. The predicted octanol–water partition coefficient (Wildman–Crippen LogP) is 5.74. The minimum atomic E-state index is -0.138. The summed E-state index contributed by atoms with van der Waals surface area (Å²) < 4.78 is 6.09. The van der Waals surface area contributed by atoms with Crippen LogP contribution < -0.4 is 9.64 Å². The van der Waals surface area contributed by atoms with Gasteiger partial charge in [-0.2, -0.15) is 0 Å². The molecular weight excluding hydrogens is 412 g/mol. The zero-order valence-corrected chi connectivity index (χ0v) is 20.7. The number of hydrogen-bond donors (Lipinski definition) is 1. The summed E-state index contributed by atoms with van der Waals surface area (Å²) in [5.74, 6) is 1.11. The molecule has 2 aromatic carbocycles.